The second-order valence-electron chi connectivity index (χ2n) is 23.2. The number of hydrogen-bond donors (Lipinski definition) is 6. The van der Waals surface area contributed by atoms with Crippen LogP contribution in [-0.2, 0) is 23.8 Å². The molecular formula is C75H125NO10. The second-order valence-corrected chi connectivity index (χ2v) is 23.2. The van der Waals surface area contributed by atoms with Crippen LogP contribution >= 0.6 is 0 Å². The Kier molecular flexibility index (Phi) is 56.7. The third kappa shape index (κ3) is 47.8. The highest BCUT2D eigenvalue weighted by molar-refractivity contribution is 5.80. The van der Waals surface area contributed by atoms with Crippen LogP contribution in [0.3, 0.4) is 0 Å². The third-order valence-corrected chi connectivity index (χ3v) is 15.3. The number of carbonyl (C=O) groups is 2. The number of unbranched alkanes of at least 4 members (excludes halogenated alkanes) is 23. The number of ether oxygens (including phenoxy) is 3. The van der Waals surface area contributed by atoms with Gasteiger partial charge in [-0.1, -0.05) is 270 Å². The Balaban J connectivity index is 2.65. The lowest BCUT2D eigenvalue weighted by Gasteiger charge is -2.41. The first-order chi connectivity index (χ1) is 42.2. The van der Waals surface area contributed by atoms with E-state index in [4.69, 9.17) is 14.2 Å². The summed E-state index contributed by atoms with van der Waals surface area (Å²) in [6, 6.07) is -1.05. The summed E-state index contributed by atoms with van der Waals surface area (Å²) in [6.07, 6.45) is 76.2. The van der Waals surface area contributed by atoms with E-state index in [0.29, 0.717) is 12.8 Å². The van der Waals surface area contributed by atoms with Crippen LogP contribution in [0.4, 0.5) is 0 Å². The van der Waals surface area contributed by atoms with Gasteiger partial charge in [0.15, 0.2) is 12.4 Å². The van der Waals surface area contributed by atoms with Crippen molar-refractivity contribution in [2.24, 2.45) is 0 Å². The normalized spacial score (nSPS) is 19.2. The van der Waals surface area contributed by atoms with Gasteiger partial charge in [0, 0.05) is 6.42 Å². The van der Waals surface area contributed by atoms with Gasteiger partial charge in [0.25, 0.3) is 0 Å². The molecule has 8 unspecified atom stereocenters. The predicted molar refractivity (Wildman–Crippen MR) is 361 cm³/mol. The van der Waals surface area contributed by atoms with Crippen LogP contribution in [0, 0.1) is 0 Å². The first-order valence-corrected chi connectivity index (χ1v) is 34.5. The van der Waals surface area contributed by atoms with Crippen molar-refractivity contribution in [3.8, 4) is 0 Å². The Bertz CT molecular complexity index is 1910. The molecule has 0 aromatic carbocycles. The summed E-state index contributed by atoms with van der Waals surface area (Å²) in [4.78, 5) is 26.7. The third-order valence-electron chi connectivity index (χ3n) is 15.3. The van der Waals surface area contributed by atoms with Gasteiger partial charge in [0.05, 0.1) is 25.4 Å². The van der Waals surface area contributed by atoms with E-state index in [1.165, 1.54) is 70.6 Å². The van der Waals surface area contributed by atoms with E-state index in [2.05, 4.69) is 148 Å². The number of hydrogen-bond acceptors (Lipinski definition) is 10. The Hall–Kier alpha value is -4.20. The summed E-state index contributed by atoms with van der Waals surface area (Å²) in [5, 5.41) is 57.2. The van der Waals surface area contributed by atoms with Crippen molar-refractivity contribution >= 4 is 11.9 Å². The van der Waals surface area contributed by atoms with Crippen LogP contribution in [-0.4, -0.2) is 99.6 Å². The molecule has 1 fully saturated rings. The molecule has 1 amide bonds. The predicted octanol–water partition coefficient (Wildman–Crippen LogP) is 17.6. The first-order valence-electron chi connectivity index (χ1n) is 34.5. The maximum atomic E-state index is 13.5. The average molecular weight is 1200 g/mol. The number of esters is 1. The number of amides is 1. The fraction of sp³-hybridized carbons (Fsp3) is 0.680. The molecule has 86 heavy (non-hydrogen) atoms. The molecule has 0 aliphatic carbocycles. The largest absolute Gasteiger partial charge is 0.454 e. The molecule has 0 aromatic heterocycles. The van der Waals surface area contributed by atoms with E-state index in [-0.39, 0.29) is 19.4 Å². The second kappa shape index (κ2) is 61.1. The molecule has 1 heterocycles. The molecule has 11 nitrogen and oxygen atoms in total. The molecule has 0 spiro atoms. The molecular weight excluding hydrogens is 1070 g/mol. The zero-order valence-electron chi connectivity index (χ0n) is 54.4. The zero-order chi connectivity index (χ0) is 62.4. The van der Waals surface area contributed by atoms with Gasteiger partial charge in [-0.3, -0.25) is 9.59 Å². The van der Waals surface area contributed by atoms with Crippen molar-refractivity contribution in [3.63, 3.8) is 0 Å². The van der Waals surface area contributed by atoms with Crippen LogP contribution in [0.15, 0.2) is 134 Å². The Morgan fingerprint density at radius 3 is 1.28 bits per heavy atom. The standard InChI is InChI=1S/C75H125NO10/c1-4-7-10-13-16-19-22-25-27-29-31-33-35-37-39-41-43-45-48-51-54-57-60-63-70(80)86-73-72(82)71(81)69(64-77)85-75(73)84-65-66(67(78)61-58-55-52-49-46-24-21-18-15-12-9-6-3)76-74(83)68(79)62-59-56-53-50-47-44-42-40-38-36-34-32-30-28-26-23-20-17-14-11-8-5-2/h8,11,16-17,19-20,25-28,31-34,37-40,44,47,58,61,66-69,71-73,75,77-79,81-82H,4-7,9-10,12-15,18,21-24,29-30,35-36,41-43,45-46,48-57,59-60,62-65H2,1-3H3,(H,76,83)/b11-8-,19-16-,20-17-,27-25-,28-26-,33-31-,34-32-,39-37-,40-38-,47-44-,61-58+. The molecule has 6 N–H and O–H groups in total. The van der Waals surface area contributed by atoms with Crippen molar-refractivity contribution in [2.75, 3.05) is 13.2 Å². The lowest BCUT2D eigenvalue weighted by atomic mass is 9.99. The van der Waals surface area contributed by atoms with Crippen LogP contribution in [0.5, 0.6) is 0 Å². The summed E-state index contributed by atoms with van der Waals surface area (Å²) in [6.45, 7) is 5.63. The van der Waals surface area contributed by atoms with Gasteiger partial charge in [0.1, 0.15) is 24.4 Å². The SMILES string of the molecule is CC/C=C\C/C=C\C/C=C\C/C=C\C/C=C\C/C=C\CCCCCC(O)C(=O)NC(COC1OC(CO)C(O)C(O)C1OC(=O)CCCCCCCCC/C=C\C/C=C\C/C=C\C/C=C\CCCCC)C(O)/C=C/CCCCCCCCCCCC. The van der Waals surface area contributed by atoms with Crippen molar-refractivity contribution in [2.45, 2.75) is 314 Å². The minimum absolute atomic E-state index is 0.100. The highest BCUT2D eigenvalue weighted by atomic mass is 16.7. The lowest BCUT2D eigenvalue weighted by molar-refractivity contribution is -0.305. The maximum absolute atomic E-state index is 13.5. The van der Waals surface area contributed by atoms with Crippen molar-refractivity contribution < 1.29 is 49.3 Å². The highest BCUT2D eigenvalue weighted by Crippen LogP contribution is 2.26. The zero-order valence-corrected chi connectivity index (χ0v) is 54.4. The summed E-state index contributed by atoms with van der Waals surface area (Å²) in [5.74, 6) is -1.24. The summed E-state index contributed by atoms with van der Waals surface area (Å²) >= 11 is 0. The van der Waals surface area contributed by atoms with Crippen LogP contribution in [0.2, 0.25) is 0 Å². The van der Waals surface area contributed by atoms with Gasteiger partial charge in [-0.25, -0.2) is 0 Å². The quantitative estimate of drug-likeness (QED) is 0.0195. The van der Waals surface area contributed by atoms with Crippen LogP contribution in [0.25, 0.3) is 0 Å². The minimum atomic E-state index is -1.63. The van der Waals surface area contributed by atoms with E-state index in [1.807, 2.05) is 6.08 Å². The average Bonchev–Trinajstić information content (AvgIpc) is 3.59. The number of allylic oxidation sites excluding steroid dienone is 21. The van der Waals surface area contributed by atoms with Gasteiger partial charge in [0.2, 0.25) is 5.91 Å². The number of nitrogens with one attached hydrogen (secondary N) is 1. The Labute approximate surface area is 524 Å². The summed E-state index contributed by atoms with van der Waals surface area (Å²) in [5.41, 5.74) is 0. The molecule has 1 saturated heterocycles. The molecule has 1 rings (SSSR count). The van der Waals surface area contributed by atoms with Gasteiger partial charge in [-0.15, -0.1) is 0 Å². The van der Waals surface area contributed by atoms with Crippen molar-refractivity contribution in [1.29, 1.82) is 0 Å². The van der Waals surface area contributed by atoms with Crippen LogP contribution < -0.4 is 5.32 Å². The van der Waals surface area contributed by atoms with E-state index in [1.54, 1.807) is 6.08 Å². The van der Waals surface area contributed by atoms with Gasteiger partial charge < -0.3 is 45.1 Å². The topological polar surface area (TPSA) is 175 Å². The molecule has 11 heteroatoms. The van der Waals surface area contributed by atoms with E-state index in [0.717, 1.165) is 148 Å². The maximum Gasteiger partial charge on any atom is 0.306 e. The molecule has 1 aliphatic rings. The fourth-order valence-corrected chi connectivity index (χ4v) is 9.87. The molecule has 490 valence electrons. The lowest BCUT2D eigenvalue weighted by Crippen LogP contribution is -2.61. The fourth-order valence-electron chi connectivity index (χ4n) is 9.87. The monoisotopic (exact) mass is 1200 g/mol. The summed E-state index contributed by atoms with van der Waals surface area (Å²) in [7, 11) is 0. The number of aliphatic hydroxyl groups is 5. The van der Waals surface area contributed by atoms with Gasteiger partial charge in [-0.2, -0.15) is 0 Å². The molecule has 8 atom stereocenters. The van der Waals surface area contributed by atoms with Crippen molar-refractivity contribution in [3.05, 3.63) is 134 Å². The smallest absolute Gasteiger partial charge is 0.306 e. The van der Waals surface area contributed by atoms with E-state index in [9.17, 15) is 35.1 Å². The number of rotatable bonds is 57. The number of carbonyl (C=O) groups excluding carboxylic acids is 2. The highest BCUT2D eigenvalue weighted by Gasteiger charge is 2.47. The Morgan fingerprint density at radius 2 is 0.837 bits per heavy atom. The Morgan fingerprint density at radius 1 is 0.465 bits per heavy atom. The van der Waals surface area contributed by atoms with Gasteiger partial charge in [-0.05, 0) is 122 Å². The molecule has 0 saturated carbocycles. The van der Waals surface area contributed by atoms with E-state index < -0.39 is 67.4 Å². The molecule has 0 radical (unpaired) electrons. The summed E-state index contributed by atoms with van der Waals surface area (Å²) < 4.78 is 17.7. The van der Waals surface area contributed by atoms with Gasteiger partial charge >= 0.3 is 5.97 Å². The minimum Gasteiger partial charge on any atom is -0.454 e. The van der Waals surface area contributed by atoms with Crippen LogP contribution in [0.1, 0.15) is 265 Å². The first kappa shape index (κ1) is 79.8. The molecule has 1 aliphatic heterocycles. The van der Waals surface area contributed by atoms with Crippen molar-refractivity contribution in [1.82, 2.24) is 5.32 Å². The molecule has 0 bridgehead atoms. The molecule has 0 aromatic rings. The van der Waals surface area contributed by atoms with E-state index >= 15 is 0 Å². The number of aliphatic hydroxyl groups excluding tert-OH is 5.